The van der Waals surface area contributed by atoms with Gasteiger partial charge in [0.2, 0.25) is 0 Å². The molecule has 1 saturated heterocycles. The molecule has 0 bridgehead atoms. The van der Waals surface area contributed by atoms with Gasteiger partial charge in [-0.05, 0) is 89.9 Å². The molecule has 0 aliphatic carbocycles. The minimum atomic E-state index is -1.92. The molecule has 0 radical (unpaired) electrons. The zero-order valence-corrected chi connectivity index (χ0v) is 46.5. The number of carbonyl (C=O) groups is 4. The van der Waals surface area contributed by atoms with Crippen LogP contribution in [0.1, 0.15) is 213 Å². The largest absolute Gasteiger partial charge is 0.479 e. The van der Waals surface area contributed by atoms with Gasteiger partial charge in [0.15, 0.2) is 24.6 Å². The minimum Gasteiger partial charge on any atom is -0.479 e. The van der Waals surface area contributed by atoms with Crippen molar-refractivity contribution in [2.75, 3.05) is 13.2 Å². The van der Waals surface area contributed by atoms with E-state index in [1.54, 1.807) is 0 Å². The molecule has 1 rings (SSSR count). The van der Waals surface area contributed by atoms with Crippen molar-refractivity contribution in [3.63, 3.8) is 0 Å². The predicted octanol–water partition coefficient (Wildman–Crippen LogP) is 14.7. The van der Waals surface area contributed by atoms with Gasteiger partial charge in [0.05, 0.1) is 6.61 Å². The first kappa shape index (κ1) is 68.4. The number of hydrogen-bond donors (Lipinski definition) is 3. The summed E-state index contributed by atoms with van der Waals surface area (Å²) in [6.45, 7) is 5.66. The molecule has 0 aromatic heterocycles. The molecule has 0 spiro atoms. The van der Waals surface area contributed by atoms with E-state index in [1.165, 1.54) is 38.5 Å². The summed E-state index contributed by atoms with van der Waals surface area (Å²) in [5.41, 5.74) is 0. The number of rotatable bonds is 47. The summed E-state index contributed by atoms with van der Waals surface area (Å²) in [6, 6.07) is 0. The monoisotopic (exact) mass is 1050 g/mol. The summed E-state index contributed by atoms with van der Waals surface area (Å²) in [4.78, 5) is 51.0. The van der Waals surface area contributed by atoms with Crippen molar-refractivity contribution in [1.29, 1.82) is 0 Å². The second kappa shape index (κ2) is 50.2. The predicted molar refractivity (Wildman–Crippen MR) is 303 cm³/mol. The topological polar surface area (TPSA) is 175 Å². The first-order chi connectivity index (χ1) is 36.6. The van der Waals surface area contributed by atoms with Gasteiger partial charge in [0, 0.05) is 19.3 Å². The first-order valence-corrected chi connectivity index (χ1v) is 28.9. The van der Waals surface area contributed by atoms with Gasteiger partial charge in [0.25, 0.3) is 0 Å². The number of ether oxygens (including phenoxy) is 5. The highest BCUT2D eigenvalue weighted by molar-refractivity contribution is 5.74. The quantitative estimate of drug-likeness (QED) is 0.0228. The zero-order valence-electron chi connectivity index (χ0n) is 46.5. The summed E-state index contributed by atoms with van der Waals surface area (Å²) >= 11 is 0. The molecule has 1 aliphatic heterocycles. The molecular formula is C63H100O12. The number of carboxylic acid groups (broad SMARTS) is 1. The average Bonchev–Trinajstić information content (AvgIpc) is 3.39. The first-order valence-electron chi connectivity index (χ1n) is 28.9. The summed E-state index contributed by atoms with van der Waals surface area (Å²) in [5, 5.41) is 31.4. The van der Waals surface area contributed by atoms with Crippen LogP contribution in [0.25, 0.3) is 0 Å². The molecular weight excluding hydrogens is 949 g/mol. The number of aliphatic carboxylic acids is 1. The third-order valence-electron chi connectivity index (χ3n) is 12.4. The SMILES string of the molecule is CC/C=C\C/C=C\C/C=C\C/C=C\C/C=C\C/C=C\CCC(=O)OCC(COC1OC(C(=O)O)C(O)C(O)C1OC(=O)CCCCCCCCCCCCC)OC(=O)CCCCCCC/C=C\C/C=C\C/C=C\CC. The highest BCUT2D eigenvalue weighted by atomic mass is 16.7. The lowest BCUT2D eigenvalue weighted by Gasteiger charge is -2.40. The Kier molecular flexibility index (Phi) is 45.8. The lowest BCUT2D eigenvalue weighted by molar-refractivity contribution is -0.301. The van der Waals surface area contributed by atoms with Gasteiger partial charge in [-0.3, -0.25) is 14.4 Å². The summed E-state index contributed by atoms with van der Waals surface area (Å²) in [6.07, 6.45) is 55.1. The summed E-state index contributed by atoms with van der Waals surface area (Å²) < 4.78 is 28.3. The number of carboxylic acids is 1. The molecule has 0 aromatic carbocycles. The lowest BCUT2D eigenvalue weighted by atomic mass is 9.98. The van der Waals surface area contributed by atoms with Crippen molar-refractivity contribution < 1.29 is 58.2 Å². The molecule has 1 aliphatic rings. The Morgan fingerprint density at radius 3 is 1.33 bits per heavy atom. The van der Waals surface area contributed by atoms with Crippen LogP contribution in [0, 0.1) is 0 Å². The van der Waals surface area contributed by atoms with E-state index in [4.69, 9.17) is 23.7 Å². The van der Waals surface area contributed by atoms with Gasteiger partial charge in [-0.1, -0.05) is 214 Å². The van der Waals surface area contributed by atoms with Gasteiger partial charge in [-0.25, -0.2) is 4.79 Å². The van der Waals surface area contributed by atoms with E-state index in [1.807, 2.05) is 12.2 Å². The van der Waals surface area contributed by atoms with Crippen LogP contribution in [-0.2, 0) is 42.9 Å². The van der Waals surface area contributed by atoms with Gasteiger partial charge in [-0.2, -0.15) is 0 Å². The van der Waals surface area contributed by atoms with Crippen LogP contribution in [0.2, 0.25) is 0 Å². The third-order valence-corrected chi connectivity index (χ3v) is 12.4. The smallest absolute Gasteiger partial charge is 0.335 e. The second-order valence-corrected chi connectivity index (χ2v) is 19.2. The highest BCUT2D eigenvalue weighted by Gasteiger charge is 2.50. The van der Waals surface area contributed by atoms with Crippen LogP contribution in [0.15, 0.2) is 109 Å². The maximum absolute atomic E-state index is 13.1. The van der Waals surface area contributed by atoms with Crippen LogP contribution in [0.5, 0.6) is 0 Å². The van der Waals surface area contributed by atoms with E-state index in [2.05, 4.69) is 118 Å². The Morgan fingerprint density at radius 2 is 0.867 bits per heavy atom. The van der Waals surface area contributed by atoms with Gasteiger partial charge >= 0.3 is 23.9 Å². The number of aliphatic hydroxyl groups is 2. The minimum absolute atomic E-state index is 0.0483. The van der Waals surface area contributed by atoms with E-state index in [0.717, 1.165) is 116 Å². The van der Waals surface area contributed by atoms with Gasteiger partial charge < -0.3 is 39.0 Å². The Bertz CT molecular complexity index is 1720. The molecule has 0 aromatic rings. The Morgan fingerprint density at radius 1 is 0.453 bits per heavy atom. The van der Waals surface area contributed by atoms with Crippen LogP contribution >= 0.6 is 0 Å². The molecule has 0 amide bonds. The Hall–Kier alpha value is -4.62. The molecule has 1 fully saturated rings. The molecule has 6 atom stereocenters. The van der Waals surface area contributed by atoms with Crippen LogP contribution in [-0.4, -0.2) is 89.2 Å². The van der Waals surface area contributed by atoms with Gasteiger partial charge in [0.1, 0.15) is 18.8 Å². The Balaban J connectivity index is 2.76. The van der Waals surface area contributed by atoms with Crippen LogP contribution < -0.4 is 0 Å². The lowest BCUT2D eigenvalue weighted by Crippen LogP contribution is -2.61. The maximum Gasteiger partial charge on any atom is 0.335 e. The molecule has 0 saturated carbocycles. The van der Waals surface area contributed by atoms with Crippen molar-refractivity contribution >= 4 is 23.9 Å². The van der Waals surface area contributed by atoms with Crippen molar-refractivity contribution in [3.8, 4) is 0 Å². The van der Waals surface area contributed by atoms with Crippen molar-refractivity contribution in [2.24, 2.45) is 0 Å². The normalized spacial score (nSPS) is 19.0. The molecule has 12 nitrogen and oxygen atoms in total. The van der Waals surface area contributed by atoms with E-state index in [9.17, 15) is 34.5 Å². The standard InChI is InChI=1S/C63H100O12/c1-4-7-10-13-16-19-22-24-26-27-28-29-31-32-35-37-40-43-46-49-55(64)71-52-54(73-56(65)50-47-44-41-39-36-33-30-25-23-20-17-14-11-8-5-2)53-72-63-61(59(68)58(67)60(75-63)62(69)70)74-57(66)51-48-45-42-38-34-21-18-15-12-9-6-3/h7-8,10-11,16-17,19-20,24-26,28-30,32,35,40,43,54,58-61,63,67-68H,4-6,9,12-15,18,21-23,27,31,33-34,36-39,41-42,44-53H2,1-3H3,(H,69,70)/b10-7-,11-8-,19-16-,20-17-,26-24-,29-28-,30-25-,35-32-,43-40-. The Labute approximate surface area is 453 Å². The fourth-order valence-electron chi connectivity index (χ4n) is 8.00. The molecule has 1 heterocycles. The van der Waals surface area contributed by atoms with E-state index >= 15 is 0 Å². The molecule has 6 unspecified atom stereocenters. The van der Waals surface area contributed by atoms with E-state index in [-0.39, 0.29) is 25.9 Å². The number of hydrogen-bond acceptors (Lipinski definition) is 11. The molecule has 3 N–H and O–H groups in total. The zero-order chi connectivity index (χ0) is 54.7. The van der Waals surface area contributed by atoms with Crippen molar-refractivity contribution in [1.82, 2.24) is 0 Å². The fourth-order valence-corrected chi connectivity index (χ4v) is 8.00. The van der Waals surface area contributed by atoms with E-state index < -0.39 is 67.3 Å². The molecule has 424 valence electrons. The van der Waals surface area contributed by atoms with Crippen molar-refractivity contribution in [2.45, 2.75) is 250 Å². The number of unbranched alkanes of at least 4 members (excludes halogenated alkanes) is 15. The summed E-state index contributed by atoms with van der Waals surface area (Å²) in [5.74, 6) is -3.26. The highest BCUT2D eigenvalue weighted by Crippen LogP contribution is 2.26. The molecule has 12 heteroatoms. The number of aliphatic hydroxyl groups excluding tert-OH is 2. The molecule has 75 heavy (non-hydrogen) atoms. The number of carbonyl (C=O) groups excluding carboxylic acids is 3. The van der Waals surface area contributed by atoms with E-state index in [0.29, 0.717) is 19.3 Å². The third kappa shape index (κ3) is 40.3. The second-order valence-electron chi connectivity index (χ2n) is 19.2. The van der Waals surface area contributed by atoms with Gasteiger partial charge in [-0.15, -0.1) is 0 Å². The van der Waals surface area contributed by atoms with Crippen LogP contribution in [0.4, 0.5) is 0 Å². The number of allylic oxidation sites excluding steroid dienone is 18. The van der Waals surface area contributed by atoms with Crippen LogP contribution in [0.3, 0.4) is 0 Å². The summed E-state index contributed by atoms with van der Waals surface area (Å²) in [7, 11) is 0. The maximum atomic E-state index is 13.1. The number of esters is 3. The average molecular weight is 1050 g/mol. The fraction of sp³-hybridized carbons (Fsp3) is 0.651. The van der Waals surface area contributed by atoms with Crippen molar-refractivity contribution in [3.05, 3.63) is 109 Å².